The molecule has 2 aromatic carbocycles. The molecule has 4 atom stereocenters. The summed E-state index contributed by atoms with van der Waals surface area (Å²) in [6, 6.07) is 9.24. The van der Waals surface area contributed by atoms with Crippen molar-refractivity contribution in [3.63, 3.8) is 0 Å². The van der Waals surface area contributed by atoms with Crippen molar-refractivity contribution in [1.82, 2.24) is 19.6 Å². The Labute approximate surface area is 276 Å². The zero-order valence-corrected chi connectivity index (χ0v) is 28.4. The molecule has 250 valence electrons. The van der Waals surface area contributed by atoms with E-state index in [0.29, 0.717) is 31.2 Å². The Morgan fingerprint density at radius 3 is 2.15 bits per heavy atom. The number of likely N-dealkylation sites (N-methyl/N-ethyl adjacent to an activating group) is 1. The van der Waals surface area contributed by atoms with Crippen LogP contribution in [0.25, 0.3) is 0 Å². The van der Waals surface area contributed by atoms with Crippen LogP contribution >= 0.6 is 11.6 Å². The first-order valence-electron chi connectivity index (χ1n) is 16.2. The number of amides is 3. The average molecular weight is 658 g/mol. The largest absolute Gasteiger partial charge is 0.338 e. The third-order valence-corrected chi connectivity index (χ3v) is 10.1. The lowest BCUT2D eigenvalue weighted by Crippen LogP contribution is -2.54. The van der Waals surface area contributed by atoms with Crippen LogP contribution in [0.15, 0.2) is 42.5 Å². The second-order valence-electron chi connectivity index (χ2n) is 14.3. The fourth-order valence-corrected chi connectivity index (χ4v) is 7.15. The molecule has 0 spiro atoms. The molecule has 0 aliphatic carbocycles. The van der Waals surface area contributed by atoms with E-state index >= 15 is 4.39 Å². The molecule has 3 aliphatic rings. The fourth-order valence-electron chi connectivity index (χ4n) is 7.03. The lowest BCUT2D eigenvalue weighted by Gasteiger charge is -2.36. The van der Waals surface area contributed by atoms with E-state index in [1.807, 2.05) is 31.3 Å². The zero-order valence-electron chi connectivity index (χ0n) is 27.7. The summed E-state index contributed by atoms with van der Waals surface area (Å²) in [7, 11) is 2.01. The Kier molecular flexibility index (Phi) is 10.1. The summed E-state index contributed by atoms with van der Waals surface area (Å²) >= 11 is 6.21. The summed E-state index contributed by atoms with van der Waals surface area (Å²) < 4.78 is 29.2. The maximum atomic E-state index is 15.3. The van der Waals surface area contributed by atoms with Gasteiger partial charge in [0.25, 0.3) is 0 Å². The number of halogens is 3. The van der Waals surface area contributed by atoms with Gasteiger partial charge in [0, 0.05) is 74.3 Å². The number of anilines is 1. The summed E-state index contributed by atoms with van der Waals surface area (Å²) in [6.45, 7) is 13.6. The highest BCUT2D eigenvalue weighted by Crippen LogP contribution is 2.40. The molecule has 0 bridgehead atoms. The van der Waals surface area contributed by atoms with Gasteiger partial charge in [0.2, 0.25) is 17.7 Å². The number of likely N-dealkylation sites (tertiary alicyclic amines) is 2. The minimum Gasteiger partial charge on any atom is -0.338 e. The van der Waals surface area contributed by atoms with Crippen molar-refractivity contribution < 1.29 is 23.2 Å². The Morgan fingerprint density at radius 1 is 0.913 bits per heavy atom. The molecule has 11 heteroatoms. The van der Waals surface area contributed by atoms with Gasteiger partial charge in [-0.15, -0.1) is 0 Å². The van der Waals surface area contributed by atoms with Gasteiger partial charge >= 0.3 is 0 Å². The first kappa shape index (κ1) is 34.3. The van der Waals surface area contributed by atoms with Crippen LogP contribution in [0.4, 0.5) is 14.5 Å². The topological polar surface area (TPSA) is 67.4 Å². The Bertz CT molecular complexity index is 1440. The maximum Gasteiger partial charge on any atom is 0.245 e. The molecule has 3 fully saturated rings. The number of piperazine rings is 1. The van der Waals surface area contributed by atoms with Gasteiger partial charge in [-0.05, 0) is 64.1 Å². The molecule has 3 aliphatic heterocycles. The van der Waals surface area contributed by atoms with Crippen molar-refractivity contribution in [2.24, 2.45) is 11.8 Å². The molecule has 0 saturated carbocycles. The highest BCUT2D eigenvalue weighted by atomic mass is 35.5. The monoisotopic (exact) mass is 657 g/mol. The first-order valence-corrected chi connectivity index (χ1v) is 16.6. The third-order valence-electron chi connectivity index (χ3n) is 9.81. The van der Waals surface area contributed by atoms with Crippen LogP contribution in [0.5, 0.6) is 0 Å². The van der Waals surface area contributed by atoms with Crippen LogP contribution in [-0.4, -0.2) is 108 Å². The van der Waals surface area contributed by atoms with Crippen molar-refractivity contribution in [2.75, 3.05) is 57.8 Å². The molecule has 5 rings (SSSR count). The molecule has 3 heterocycles. The molecule has 0 N–H and O–H groups in total. The third kappa shape index (κ3) is 7.09. The zero-order chi connectivity index (χ0) is 33.5. The van der Waals surface area contributed by atoms with Gasteiger partial charge in [0.15, 0.2) is 0 Å². The van der Waals surface area contributed by atoms with Gasteiger partial charge < -0.3 is 19.6 Å². The average Bonchev–Trinajstić information content (AvgIpc) is 3.64. The highest BCUT2D eigenvalue weighted by molar-refractivity contribution is 6.30. The molecule has 0 aromatic heterocycles. The van der Waals surface area contributed by atoms with E-state index in [0.717, 1.165) is 30.8 Å². The van der Waals surface area contributed by atoms with Crippen LogP contribution in [0.2, 0.25) is 5.02 Å². The Morgan fingerprint density at radius 2 is 1.57 bits per heavy atom. The van der Waals surface area contributed by atoms with Crippen LogP contribution in [-0.2, 0) is 14.4 Å². The molecule has 46 heavy (non-hydrogen) atoms. The van der Waals surface area contributed by atoms with E-state index < -0.39 is 35.6 Å². The minimum atomic E-state index is -0.861. The highest BCUT2D eigenvalue weighted by Gasteiger charge is 2.50. The second kappa shape index (κ2) is 13.6. The predicted octanol–water partition coefficient (Wildman–Crippen LogP) is 4.86. The van der Waals surface area contributed by atoms with Gasteiger partial charge in [0.05, 0.1) is 17.6 Å². The number of carbonyl (C=O) groups is 3. The molecule has 1 unspecified atom stereocenters. The summed E-state index contributed by atoms with van der Waals surface area (Å²) in [5.41, 5.74) is 0.754. The van der Waals surface area contributed by atoms with Crippen molar-refractivity contribution >= 4 is 35.0 Å². The molecule has 0 radical (unpaired) electrons. The molecular formula is C35H46ClF2N5O3. The summed E-state index contributed by atoms with van der Waals surface area (Å²) in [4.78, 5) is 52.0. The predicted molar refractivity (Wildman–Crippen MR) is 176 cm³/mol. The number of nitrogens with zero attached hydrogens (tertiary/aromatic N) is 5. The van der Waals surface area contributed by atoms with E-state index in [1.165, 1.54) is 11.0 Å². The van der Waals surface area contributed by atoms with Gasteiger partial charge in [-0.2, -0.15) is 0 Å². The molecule has 3 amide bonds. The quantitative estimate of drug-likeness (QED) is 0.444. The smallest absolute Gasteiger partial charge is 0.245 e. The summed E-state index contributed by atoms with van der Waals surface area (Å²) in [6.07, 6.45) is 0.160. The first-order chi connectivity index (χ1) is 21.6. The lowest BCUT2D eigenvalue weighted by molar-refractivity contribution is -0.147. The van der Waals surface area contributed by atoms with E-state index in [2.05, 4.69) is 30.6 Å². The maximum absolute atomic E-state index is 15.3. The van der Waals surface area contributed by atoms with Gasteiger partial charge in [-0.1, -0.05) is 37.6 Å². The van der Waals surface area contributed by atoms with Crippen LogP contribution in [0.1, 0.15) is 52.5 Å². The van der Waals surface area contributed by atoms with Crippen LogP contribution in [0, 0.1) is 23.5 Å². The fraction of sp³-hybridized carbons (Fsp3) is 0.571. The van der Waals surface area contributed by atoms with Gasteiger partial charge in [-0.25, -0.2) is 8.78 Å². The van der Waals surface area contributed by atoms with Crippen molar-refractivity contribution in [1.29, 1.82) is 0 Å². The van der Waals surface area contributed by atoms with Crippen LogP contribution in [0.3, 0.4) is 0 Å². The minimum absolute atomic E-state index is 0.0518. The number of benzene rings is 2. The van der Waals surface area contributed by atoms with Crippen molar-refractivity contribution in [2.45, 2.75) is 64.6 Å². The summed E-state index contributed by atoms with van der Waals surface area (Å²) in [5.74, 6) is -3.35. The Hall–Kier alpha value is -3.08. The van der Waals surface area contributed by atoms with E-state index in [9.17, 15) is 18.8 Å². The second-order valence-corrected chi connectivity index (χ2v) is 14.8. The molecule has 8 nitrogen and oxygen atoms in total. The number of rotatable bonds is 6. The standard InChI is InChI=1S/C35H46ClF2N5O3/c1-22(2)32(44)43(30-12-11-25(37)17-29(30)38)26-18-31(34(46)40-15-13-39(6)14-16-40)42(19-26)33(45)28-21-41(35(3,4)5)20-27(28)23-7-9-24(36)10-8-23/h7-12,17,22,26-28,31H,13-16,18-21H2,1-6H3/t26?,27-,28+,31-/m0/s1. The number of hydrogen-bond acceptors (Lipinski definition) is 5. The van der Waals surface area contributed by atoms with Crippen LogP contribution < -0.4 is 4.90 Å². The van der Waals surface area contributed by atoms with Crippen molar-refractivity contribution in [3.8, 4) is 0 Å². The van der Waals surface area contributed by atoms with E-state index in [1.54, 1.807) is 23.6 Å². The van der Waals surface area contributed by atoms with E-state index in [4.69, 9.17) is 11.6 Å². The van der Waals surface area contributed by atoms with Crippen molar-refractivity contribution in [3.05, 3.63) is 64.7 Å². The Balaban J connectivity index is 1.53. The van der Waals surface area contributed by atoms with E-state index in [-0.39, 0.29) is 47.8 Å². The SMILES string of the molecule is CC(C)C(=O)N(c1ccc(F)cc1F)C1C[C@@H](C(=O)N2CCN(C)CC2)N(C(=O)[C@@H]2CN(C(C)(C)C)C[C@H]2c2ccc(Cl)cc2)C1. The number of carbonyl (C=O) groups excluding carboxylic acids is 3. The summed E-state index contributed by atoms with van der Waals surface area (Å²) in [5, 5.41) is 0.612. The molecule has 3 saturated heterocycles. The normalized spacial score (nSPS) is 24.6. The lowest BCUT2D eigenvalue weighted by atomic mass is 9.88. The number of hydrogen-bond donors (Lipinski definition) is 0. The van der Waals surface area contributed by atoms with Gasteiger partial charge in [0.1, 0.15) is 17.7 Å². The molecule has 2 aromatic rings. The molecular weight excluding hydrogens is 612 g/mol. The van der Waals surface area contributed by atoms with Gasteiger partial charge in [-0.3, -0.25) is 19.3 Å².